The second kappa shape index (κ2) is 3.91. The van der Waals surface area contributed by atoms with Gasteiger partial charge in [-0.3, -0.25) is 0 Å². The first kappa shape index (κ1) is 10.2. The van der Waals surface area contributed by atoms with Crippen molar-refractivity contribution in [3.8, 4) is 0 Å². The molecule has 4 nitrogen and oxygen atoms in total. The Kier molecular flexibility index (Phi) is 3.08. The molecule has 5 heteroatoms. The number of hydrogen-bond donors (Lipinski definition) is 0. The van der Waals surface area contributed by atoms with Crippen LogP contribution < -0.4 is 0 Å². The predicted octanol–water partition coefficient (Wildman–Crippen LogP) is 1.17. The Morgan fingerprint density at radius 2 is 2.15 bits per heavy atom. The topological polar surface area (TPSA) is 60.2 Å². The van der Waals surface area contributed by atoms with E-state index in [9.17, 15) is 8.42 Å². The second-order valence-electron chi connectivity index (χ2n) is 2.81. The molecule has 0 saturated carbocycles. The third-order valence-electron chi connectivity index (χ3n) is 1.76. The fourth-order valence-electron chi connectivity index (χ4n) is 0.918. The SMILES string of the molecule is CCc1cc(CS(=O)(=O)CC)no1. The molecule has 13 heavy (non-hydrogen) atoms. The Hall–Kier alpha value is -0.840. The fourth-order valence-corrected chi connectivity index (χ4v) is 1.71. The maximum absolute atomic E-state index is 11.2. The molecule has 0 radical (unpaired) electrons. The zero-order valence-corrected chi connectivity index (χ0v) is 8.60. The van der Waals surface area contributed by atoms with Gasteiger partial charge in [-0.15, -0.1) is 0 Å². The molecule has 0 amide bonds. The Balaban J connectivity index is 2.75. The molecule has 0 fully saturated rings. The zero-order valence-electron chi connectivity index (χ0n) is 7.78. The van der Waals surface area contributed by atoms with E-state index in [2.05, 4.69) is 5.16 Å². The summed E-state index contributed by atoms with van der Waals surface area (Å²) in [6.45, 7) is 3.55. The maximum atomic E-state index is 11.2. The molecule has 0 aromatic carbocycles. The van der Waals surface area contributed by atoms with Crippen LogP contribution in [0.1, 0.15) is 25.3 Å². The quantitative estimate of drug-likeness (QED) is 0.737. The summed E-state index contributed by atoms with van der Waals surface area (Å²) in [7, 11) is -2.99. The molecule has 0 aliphatic heterocycles. The third-order valence-corrected chi connectivity index (χ3v) is 3.38. The van der Waals surface area contributed by atoms with E-state index in [1.807, 2.05) is 6.92 Å². The highest BCUT2D eigenvalue weighted by Gasteiger charge is 2.12. The Labute approximate surface area is 77.8 Å². The Morgan fingerprint density at radius 3 is 2.62 bits per heavy atom. The first-order valence-corrected chi connectivity index (χ1v) is 6.04. The van der Waals surface area contributed by atoms with Gasteiger partial charge in [0.15, 0.2) is 9.84 Å². The van der Waals surface area contributed by atoms with E-state index in [0.717, 1.165) is 12.2 Å². The number of aryl methyl sites for hydroxylation is 1. The Bertz CT molecular complexity index is 366. The van der Waals surface area contributed by atoms with Crippen molar-refractivity contribution in [2.24, 2.45) is 0 Å². The van der Waals surface area contributed by atoms with Gasteiger partial charge in [0.05, 0.1) is 11.4 Å². The number of aromatic nitrogens is 1. The van der Waals surface area contributed by atoms with Gasteiger partial charge >= 0.3 is 0 Å². The van der Waals surface area contributed by atoms with Gasteiger partial charge in [-0.25, -0.2) is 8.42 Å². The van der Waals surface area contributed by atoms with E-state index in [-0.39, 0.29) is 11.5 Å². The molecule has 0 aliphatic rings. The molecule has 0 N–H and O–H groups in total. The molecule has 74 valence electrons. The number of hydrogen-bond acceptors (Lipinski definition) is 4. The highest BCUT2D eigenvalue weighted by molar-refractivity contribution is 7.90. The van der Waals surface area contributed by atoms with Crippen molar-refractivity contribution >= 4 is 9.84 Å². The van der Waals surface area contributed by atoms with E-state index < -0.39 is 9.84 Å². The number of sulfone groups is 1. The molecule has 1 aromatic heterocycles. The third kappa shape index (κ3) is 2.84. The zero-order chi connectivity index (χ0) is 9.90. The van der Waals surface area contributed by atoms with Crippen molar-refractivity contribution in [1.29, 1.82) is 0 Å². The lowest BCUT2D eigenvalue weighted by atomic mass is 10.3. The van der Waals surface area contributed by atoms with Crippen LogP contribution in [0.25, 0.3) is 0 Å². The minimum absolute atomic E-state index is 0.0208. The van der Waals surface area contributed by atoms with Crippen molar-refractivity contribution in [2.75, 3.05) is 5.75 Å². The van der Waals surface area contributed by atoms with Crippen LogP contribution in [-0.4, -0.2) is 19.3 Å². The van der Waals surface area contributed by atoms with Gasteiger partial charge < -0.3 is 4.52 Å². The summed E-state index contributed by atoms with van der Waals surface area (Å²) in [4.78, 5) is 0. The standard InChI is InChI=1S/C8H13NO3S/c1-3-8-5-7(9-12-8)6-13(10,11)4-2/h5H,3-4,6H2,1-2H3. The molecule has 0 bridgehead atoms. The smallest absolute Gasteiger partial charge is 0.155 e. The van der Waals surface area contributed by atoms with E-state index in [1.165, 1.54) is 0 Å². The maximum Gasteiger partial charge on any atom is 0.155 e. The van der Waals surface area contributed by atoms with Crippen molar-refractivity contribution < 1.29 is 12.9 Å². The van der Waals surface area contributed by atoms with Gasteiger partial charge in [0, 0.05) is 18.2 Å². The van der Waals surface area contributed by atoms with Crippen LogP contribution in [0.15, 0.2) is 10.6 Å². The average Bonchev–Trinajstić information content (AvgIpc) is 2.52. The van der Waals surface area contributed by atoms with Crippen LogP contribution in [0, 0.1) is 0 Å². The van der Waals surface area contributed by atoms with Gasteiger partial charge in [0.1, 0.15) is 5.76 Å². The number of rotatable bonds is 4. The molecule has 0 aliphatic carbocycles. The lowest BCUT2D eigenvalue weighted by Gasteiger charge is -1.94. The highest BCUT2D eigenvalue weighted by Crippen LogP contribution is 2.08. The van der Waals surface area contributed by atoms with E-state index in [0.29, 0.717) is 5.69 Å². The molecule has 0 spiro atoms. The molecular weight excluding hydrogens is 190 g/mol. The Morgan fingerprint density at radius 1 is 1.46 bits per heavy atom. The van der Waals surface area contributed by atoms with Crippen LogP contribution in [0.2, 0.25) is 0 Å². The summed E-state index contributed by atoms with van der Waals surface area (Å²) in [6, 6.07) is 1.69. The van der Waals surface area contributed by atoms with Gasteiger partial charge in [0.2, 0.25) is 0 Å². The van der Waals surface area contributed by atoms with Crippen LogP contribution in [-0.2, 0) is 22.0 Å². The van der Waals surface area contributed by atoms with Gasteiger partial charge in [0.25, 0.3) is 0 Å². The highest BCUT2D eigenvalue weighted by atomic mass is 32.2. The average molecular weight is 203 g/mol. The molecule has 0 unspecified atom stereocenters. The molecule has 1 rings (SSSR count). The lowest BCUT2D eigenvalue weighted by molar-refractivity contribution is 0.382. The van der Waals surface area contributed by atoms with Crippen molar-refractivity contribution in [1.82, 2.24) is 5.16 Å². The van der Waals surface area contributed by atoms with Crippen LogP contribution in [0.3, 0.4) is 0 Å². The largest absolute Gasteiger partial charge is 0.361 e. The van der Waals surface area contributed by atoms with Crippen LogP contribution in [0.5, 0.6) is 0 Å². The van der Waals surface area contributed by atoms with Crippen LogP contribution in [0.4, 0.5) is 0 Å². The van der Waals surface area contributed by atoms with E-state index in [4.69, 9.17) is 4.52 Å². The van der Waals surface area contributed by atoms with Crippen LogP contribution >= 0.6 is 0 Å². The summed E-state index contributed by atoms with van der Waals surface area (Å²) in [5.41, 5.74) is 0.499. The first-order chi connectivity index (χ1) is 6.07. The van der Waals surface area contributed by atoms with Gasteiger partial charge in [-0.1, -0.05) is 19.0 Å². The van der Waals surface area contributed by atoms with Gasteiger partial charge in [-0.05, 0) is 0 Å². The fraction of sp³-hybridized carbons (Fsp3) is 0.625. The first-order valence-electron chi connectivity index (χ1n) is 4.22. The van der Waals surface area contributed by atoms with Crippen molar-refractivity contribution in [2.45, 2.75) is 26.0 Å². The predicted molar refractivity (Wildman–Crippen MR) is 49.0 cm³/mol. The van der Waals surface area contributed by atoms with Gasteiger partial charge in [-0.2, -0.15) is 0 Å². The van der Waals surface area contributed by atoms with E-state index in [1.54, 1.807) is 13.0 Å². The second-order valence-corrected chi connectivity index (χ2v) is 5.17. The molecule has 1 heterocycles. The molecule has 0 atom stereocenters. The summed E-state index contributed by atoms with van der Waals surface area (Å²) in [5.74, 6) is 0.843. The monoisotopic (exact) mass is 203 g/mol. The summed E-state index contributed by atoms with van der Waals surface area (Å²) >= 11 is 0. The molecule has 1 aromatic rings. The minimum atomic E-state index is -2.99. The van der Waals surface area contributed by atoms with Crippen molar-refractivity contribution in [3.05, 3.63) is 17.5 Å². The van der Waals surface area contributed by atoms with Crippen molar-refractivity contribution in [3.63, 3.8) is 0 Å². The molecular formula is C8H13NO3S. The summed E-state index contributed by atoms with van der Waals surface area (Å²) in [6.07, 6.45) is 0.735. The normalized spacial score (nSPS) is 11.8. The summed E-state index contributed by atoms with van der Waals surface area (Å²) in [5, 5.41) is 3.67. The number of nitrogens with zero attached hydrogens (tertiary/aromatic N) is 1. The lowest BCUT2D eigenvalue weighted by Crippen LogP contribution is -2.06. The van der Waals surface area contributed by atoms with E-state index >= 15 is 0 Å². The molecule has 0 saturated heterocycles. The summed E-state index contributed by atoms with van der Waals surface area (Å²) < 4.78 is 27.3. The minimum Gasteiger partial charge on any atom is -0.361 e.